The number of aromatic nitrogens is 2. The van der Waals surface area contributed by atoms with Crippen LogP contribution in [-0.4, -0.2) is 35.0 Å². The second-order valence-electron chi connectivity index (χ2n) is 5.12. The molecule has 2 N–H and O–H groups in total. The Kier molecular flexibility index (Phi) is 6.94. The van der Waals surface area contributed by atoms with E-state index < -0.39 is 35.9 Å². The van der Waals surface area contributed by atoms with Gasteiger partial charge in [-0.3, -0.25) is 9.59 Å². The smallest absolute Gasteiger partial charge is 0.418 e. The van der Waals surface area contributed by atoms with Crippen molar-refractivity contribution in [2.75, 3.05) is 23.8 Å². The first kappa shape index (κ1) is 20.4. The molecule has 27 heavy (non-hydrogen) atoms. The van der Waals surface area contributed by atoms with Crippen LogP contribution in [0.5, 0.6) is 0 Å². The molecule has 0 aliphatic rings. The lowest BCUT2D eigenvalue weighted by atomic mass is 10.1. The number of esters is 1. The van der Waals surface area contributed by atoms with Crippen molar-refractivity contribution in [2.45, 2.75) is 12.6 Å². The molecule has 0 atom stereocenters. The number of rotatable bonds is 7. The van der Waals surface area contributed by atoms with Gasteiger partial charge in [0.2, 0.25) is 5.95 Å². The van der Waals surface area contributed by atoms with Crippen LogP contribution in [0.15, 0.2) is 36.7 Å². The molecule has 2 rings (SSSR count). The first-order valence-electron chi connectivity index (χ1n) is 7.59. The van der Waals surface area contributed by atoms with E-state index >= 15 is 0 Å². The molecule has 2 aromatic rings. The Morgan fingerprint density at radius 2 is 1.85 bits per heavy atom. The summed E-state index contributed by atoms with van der Waals surface area (Å²) in [5.41, 5.74) is -1.68. The highest BCUT2D eigenvalue weighted by atomic mass is 35.5. The monoisotopic (exact) mass is 402 g/mol. The summed E-state index contributed by atoms with van der Waals surface area (Å²) in [5.74, 6) is -1.34. The number of benzene rings is 1. The number of hydrogen-bond acceptors (Lipinski definition) is 6. The Bertz CT molecular complexity index is 803. The predicted octanol–water partition coefficient (Wildman–Crippen LogP) is 3.13. The quantitative estimate of drug-likeness (QED) is 0.691. The number of nitrogens with one attached hydrogen (secondary N) is 2. The van der Waals surface area contributed by atoms with Crippen molar-refractivity contribution in [3.8, 4) is 0 Å². The number of carbonyl (C=O) groups excluding carboxylic acids is 2. The SMILES string of the molecule is O=C(COC(=O)CCNc1ncccn1)Nc1c(Cl)cccc1C(F)(F)F. The topological polar surface area (TPSA) is 93.2 Å². The summed E-state index contributed by atoms with van der Waals surface area (Å²) >= 11 is 5.73. The summed E-state index contributed by atoms with van der Waals surface area (Å²) in [6.45, 7) is -0.587. The molecule has 1 heterocycles. The van der Waals surface area contributed by atoms with E-state index in [0.717, 1.165) is 12.1 Å². The summed E-state index contributed by atoms with van der Waals surface area (Å²) in [4.78, 5) is 31.2. The van der Waals surface area contributed by atoms with Gasteiger partial charge in [-0.15, -0.1) is 0 Å². The maximum atomic E-state index is 13.0. The third-order valence-electron chi connectivity index (χ3n) is 3.13. The predicted molar refractivity (Wildman–Crippen MR) is 91.2 cm³/mol. The minimum Gasteiger partial charge on any atom is -0.456 e. The van der Waals surface area contributed by atoms with E-state index in [4.69, 9.17) is 16.3 Å². The third-order valence-corrected chi connectivity index (χ3v) is 3.44. The van der Waals surface area contributed by atoms with Crippen LogP contribution in [0.1, 0.15) is 12.0 Å². The maximum absolute atomic E-state index is 13.0. The van der Waals surface area contributed by atoms with Crippen LogP contribution in [0.4, 0.5) is 24.8 Å². The lowest BCUT2D eigenvalue weighted by Crippen LogP contribution is -2.23. The molecule has 0 spiro atoms. The largest absolute Gasteiger partial charge is 0.456 e. The minimum atomic E-state index is -4.70. The summed E-state index contributed by atoms with van der Waals surface area (Å²) in [5, 5.41) is 4.51. The number of amides is 1. The first-order valence-corrected chi connectivity index (χ1v) is 7.97. The van der Waals surface area contributed by atoms with Crippen LogP contribution in [0, 0.1) is 0 Å². The van der Waals surface area contributed by atoms with Gasteiger partial charge in [0.25, 0.3) is 5.91 Å². The molecule has 0 unspecified atom stereocenters. The second-order valence-corrected chi connectivity index (χ2v) is 5.53. The average molecular weight is 403 g/mol. The highest BCUT2D eigenvalue weighted by molar-refractivity contribution is 6.34. The molecule has 0 aliphatic heterocycles. The molecular formula is C16H14ClF3N4O3. The normalized spacial score (nSPS) is 11.0. The zero-order valence-corrected chi connectivity index (χ0v) is 14.5. The van der Waals surface area contributed by atoms with Gasteiger partial charge in [-0.05, 0) is 18.2 Å². The number of ether oxygens (including phenoxy) is 1. The van der Waals surface area contributed by atoms with Gasteiger partial charge < -0.3 is 15.4 Å². The van der Waals surface area contributed by atoms with E-state index in [9.17, 15) is 22.8 Å². The van der Waals surface area contributed by atoms with Crippen LogP contribution in [0.25, 0.3) is 0 Å². The molecule has 0 fully saturated rings. The van der Waals surface area contributed by atoms with E-state index in [1.165, 1.54) is 18.5 Å². The van der Waals surface area contributed by atoms with Crippen LogP contribution in [0.2, 0.25) is 5.02 Å². The van der Waals surface area contributed by atoms with Gasteiger partial charge in [-0.2, -0.15) is 13.2 Å². The van der Waals surface area contributed by atoms with Crippen molar-refractivity contribution >= 4 is 35.1 Å². The Morgan fingerprint density at radius 1 is 1.15 bits per heavy atom. The fraction of sp³-hybridized carbons (Fsp3) is 0.250. The molecule has 0 bridgehead atoms. The highest BCUT2D eigenvalue weighted by Crippen LogP contribution is 2.38. The van der Waals surface area contributed by atoms with E-state index in [1.54, 1.807) is 6.07 Å². The molecule has 1 amide bonds. The fourth-order valence-corrected chi connectivity index (χ4v) is 2.17. The number of alkyl halides is 3. The zero-order valence-electron chi connectivity index (χ0n) is 13.7. The van der Waals surface area contributed by atoms with Crippen LogP contribution >= 0.6 is 11.6 Å². The van der Waals surface area contributed by atoms with E-state index in [0.29, 0.717) is 5.95 Å². The molecule has 0 saturated heterocycles. The fourth-order valence-electron chi connectivity index (χ4n) is 1.95. The molecule has 7 nitrogen and oxygen atoms in total. The number of nitrogens with zero attached hydrogens (tertiary/aromatic N) is 2. The van der Waals surface area contributed by atoms with Crippen molar-refractivity contribution in [3.63, 3.8) is 0 Å². The van der Waals surface area contributed by atoms with Gasteiger partial charge in [-0.25, -0.2) is 9.97 Å². The Balaban J connectivity index is 1.82. The third kappa shape index (κ3) is 6.41. The van der Waals surface area contributed by atoms with Gasteiger partial charge in [0.05, 0.1) is 22.7 Å². The molecule has 144 valence electrons. The molecule has 0 saturated carbocycles. The molecule has 1 aromatic heterocycles. The molecule has 1 aromatic carbocycles. The van der Waals surface area contributed by atoms with Crippen LogP contribution in [-0.2, 0) is 20.5 Å². The van der Waals surface area contributed by atoms with E-state index in [2.05, 4.69) is 15.3 Å². The summed E-state index contributed by atoms with van der Waals surface area (Å²) < 4.78 is 43.6. The van der Waals surface area contributed by atoms with Crippen LogP contribution in [0.3, 0.4) is 0 Å². The Morgan fingerprint density at radius 3 is 2.52 bits per heavy atom. The summed E-state index contributed by atoms with van der Waals surface area (Å²) in [6.07, 6.45) is -1.76. The summed E-state index contributed by atoms with van der Waals surface area (Å²) in [7, 11) is 0. The molecule has 0 radical (unpaired) electrons. The molecule has 0 aliphatic carbocycles. The van der Waals surface area contributed by atoms with Gasteiger partial charge >= 0.3 is 12.1 Å². The Labute approximate surface area is 156 Å². The zero-order chi connectivity index (χ0) is 19.9. The highest BCUT2D eigenvalue weighted by Gasteiger charge is 2.34. The number of carbonyl (C=O) groups is 2. The lowest BCUT2D eigenvalue weighted by Gasteiger charge is -2.15. The standard InChI is InChI=1S/C16H14ClF3N4O3/c17-11-4-1-3-10(16(18,19)20)14(11)24-12(25)9-27-13(26)5-8-23-15-21-6-2-7-22-15/h1-4,6-7H,5,8-9H2,(H,24,25)(H,21,22,23). The molecular weight excluding hydrogens is 389 g/mol. The Hall–Kier alpha value is -2.88. The van der Waals surface area contributed by atoms with E-state index in [1.807, 2.05) is 5.32 Å². The lowest BCUT2D eigenvalue weighted by molar-refractivity contribution is -0.147. The second kappa shape index (κ2) is 9.17. The first-order chi connectivity index (χ1) is 12.8. The maximum Gasteiger partial charge on any atom is 0.418 e. The number of hydrogen-bond donors (Lipinski definition) is 2. The average Bonchev–Trinajstić information content (AvgIpc) is 2.61. The van der Waals surface area contributed by atoms with E-state index in [-0.39, 0.29) is 18.0 Å². The number of halogens is 4. The number of anilines is 2. The van der Waals surface area contributed by atoms with Crippen molar-refractivity contribution in [2.24, 2.45) is 0 Å². The van der Waals surface area contributed by atoms with Gasteiger partial charge in [0.1, 0.15) is 0 Å². The summed E-state index contributed by atoms with van der Waals surface area (Å²) in [6, 6.07) is 4.73. The van der Waals surface area contributed by atoms with Gasteiger partial charge in [0, 0.05) is 18.9 Å². The number of para-hydroxylation sites is 1. The van der Waals surface area contributed by atoms with Crippen molar-refractivity contribution < 1.29 is 27.5 Å². The van der Waals surface area contributed by atoms with Crippen LogP contribution < -0.4 is 10.6 Å². The minimum absolute atomic E-state index is 0.0918. The van der Waals surface area contributed by atoms with Gasteiger partial charge in [-0.1, -0.05) is 17.7 Å². The van der Waals surface area contributed by atoms with Crippen molar-refractivity contribution in [1.82, 2.24) is 9.97 Å². The molecule has 11 heteroatoms. The van der Waals surface area contributed by atoms with Crippen molar-refractivity contribution in [1.29, 1.82) is 0 Å². The van der Waals surface area contributed by atoms with Gasteiger partial charge in [0.15, 0.2) is 6.61 Å². The van der Waals surface area contributed by atoms with Crippen molar-refractivity contribution in [3.05, 3.63) is 47.2 Å².